The fraction of sp³-hybridized carbons (Fsp3) is 0.333. The Bertz CT molecular complexity index is 653. The fourth-order valence-electron chi connectivity index (χ4n) is 1.66. The van der Waals surface area contributed by atoms with Crippen LogP contribution in [0.15, 0.2) is 34.2 Å². The number of rotatable bonds is 6. The number of H-pyrrole nitrogens is 1. The van der Waals surface area contributed by atoms with Gasteiger partial charge < -0.3 is 14.5 Å². The van der Waals surface area contributed by atoms with Gasteiger partial charge in [0.2, 0.25) is 0 Å². The van der Waals surface area contributed by atoms with Gasteiger partial charge >= 0.3 is 0 Å². The van der Waals surface area contributed by atoms with Gasteiger partial charge in [-0.15, -0.1) is 0 Å². The third-order valence-corrected chi connectivity index (χ3v) is 3.86. The molecule has 0 aliphatic heterocycles. The fourth-order valence-corrected chi connectivity index (χ4v) is 2.38. The predicted molar refractivity (Wildman–Crippen MR) is 83.5 cm³/mol. The molecule has 0 aliphatic carbocycles. The molecule has 0 fully saturated rings. The van der Waals surface area contributed by atoms with E-state index in [2.05, 4.69) is 9.97 Å². The quantitative estimate of drug-likeness (QED) is 0.505. The molecule has 0 bridgehead atoms. The van der Waals surface area contributed by atoms with Crippen LogP contribution < -0.4 is 15.0 Å². The van der Waals surface area contributed by atoms with Crippen molar-refractivity contribution < 1.29 is 9.47 Å². The maximum absolute atomic E-state index is 11.6. The lowest BCUT2D eigenvalue weighted by atomic mass is 10.3. The minimum atomic E-state index is -0.0823. The highest BCUT2D eigenvalue weighted by Crippen LogP contribution is 2.18. The van der Waals surface area contributed by atoms with Crippen molar-refractivity contribution in [3.63, 3.8) is 0 Å². The molecule has 5 nitrogen and oxygen atoms in total. The van der Waals surface area contributed by atoms with Crippen LogP contribution in [0.2, 0.25) is 0 Å². The first kappa shape index (κ1) is 15.4. The van der Waals surface area contributed by atoms with E-state index in [1.807, 2.05) is 31.2 Å². The summed E-state index contributed by atoms with van der Waals surface area (Å²) in [5.74, 6) is 2.30. The molecule has 6 heteroatoms. The largest absolute Gasteiger partial charge is 0.497 e. The molecule has 2 rings (SSSR count). The van der Waals surface area contributed by atoms with Gasteiger partial charge in [-0.3, -0.25) is 4.79 Å². The van der Waals surface area contributed by atoms with Crippen LogP contribution >= 0.6 is 11.8 Å². The average Bonchev–Trinajstić information content (AvgIpc) is 2.49. The SMILES string of the molecule is COc1ccc(OCCSc2nc(C)c(C)c(=O)[nH]2)cc1. The van der Waals surface area contributed by atoms with E-state index in [1.54, 1.807) is 14.0 Å². The van der Waals surface area contributed by atoms with Crippen LogP contribution in [0.5, 0.6) is 11.5 Å². The summed E-state index contributed by atoms with van der Waals surface area (Å²) in [4.78, 5) is 18.7. The van der Waals surface area contributed by atoms with Gasteiger partial charge in [-0.05, 0) is 38.1 Å². The van der Waals surface area contributed by atoms with E-state index in [4.69, 9.17) is 9.47 Å². The van der Waals surface area contributed by atoms with Crippen LogP contribution in [0.4, 0.5) is 0 Å². The second-order valence-electron chi connectivity index (χ2n) is 4.45. The standard InChI is InChI=1S/C15H18N2O3S/c1-10-11(2)16-15(17-14(10)18)21-9-8-20-13-6-4-12(19-3)5-7-13/h4-7H,8-9H2,1-3H3,(H,16,17,18). The third-order valence-electron chi connectivity index (χ3n) is 3.02. The van der Waals surface area contributed by atoms with Crippen molar-refractivity contribution in [3.05, 3.63) is 45.9 Å². The maximum Gasteiger partial charge on any atom is 0.254 e. The molecule has 1 N–H and O–H groups in total. The molecular weight excluding hydrogens is 288 g/mol. The lowest BCUT2D eigenvalue weighted by Crippen LogP contribution is -2.14. The third kappa shape index (κ3) is 4.26. The molecule has 0 spiro atoms. The first-order valence-electron chi connectivity index (χ1n) is 6.57. The van der Waals surface area contributed by atoms with Gasteiger partial charge in [0.25, 0.3) is 5.56 Å². The lowest BCUT2D eigenvalue weighted by Gasteiger charge is -2.07. The van der Waals surface area contributed by atoms with Crippen LogP contribution in [-0.4, -0.2) is 29.4 Å². The van der Waals surface area contributed by atoms with E-state index in [0.29, 0.717) is 23.1 Å². The zero-order valence-electron chi connectivity index (χ0n) is 12.3. The van der Waals surface area contributed by atoms with E-state index in [0.717, 1.165) is 17.2 Å². The van der Waals surface area contributed by atoms with Crippen molar-refractivity contribution >= 4 is 11.8 Å². The Morgan fingerprint density at radius 1 is 1.19 bits per heavy atom. The highest BCUT2D eigenvalue weighted by Gasteiger charge is 2.04. The van der Waals surface area contributed by atoms with E-state index < -0.39 is 0 Å². The molecule has 1 aromatic heterocycles. The summed E-state index contributed by atoms with van der Waals surface area (Å²) in [7, 11) is 1.63. The van der Waals surface area contributed by atoms with Gasteiger partial charge in [-0.25, -0.2) is 4.98 Å². The van der Waals surface area contributed by atoms with Gasteiger partial charge in [0.05, 0.1) is 13.7 Å². The first-order valence-corrected chi connectivity index (χ1v) is 7.56. The molecule has 0 radical (unpaired) electrons. The molecule has 0 aliphatic rings. The lowest BCUT2D eigenvalue weighted by molar-refractivity contribution is 0.342. The first-order chi connectivity index (χ1) is 10.1. The van der Waals surface area contributed by atoms with E-state index in [9.17, 15) is 4.79 Å². The summed E-state index contributed by atoms with van der Waals surface area (Å²) in [6.45, 7) is 4.14. The zero-order chi connectivity index (χ0) is 15.2. The molecule has 1 heterocycles. The number of aromatic amines is 1. The molecule has 21 heavy (non-hydrogen) atoms. The molecule has 1 aromatic carbocycles. The molecule has 112 valence electrons. The number of aryl methyl sites for hydroxylation is 1. The highest BCUT2D eigenvalue weighted by atomic mass is 32.2. The molecule has 0 atom stereocenters. The average molecular weight is 306 g/mol. The molecule has 2 aromatic rings. The molecule has 0 unspecified atom stereocenters. The second-order valence-corrected chi connectivity index (χ2v) is 5.54. The Morgan fingerprint density at radius 3 is 2.48 bits per heavy atom. The molecular formula is C15H18N2O3S. The van der Waals surface area contributed by atoms with Gasteiger partial charge in [0.1, 0.15) is 11.5 Å². The second kappa shape index (κ2) is 7.17. The van der Waals surface area contributed by atoms with Crippen LogP contribution in [0.1, 0.15) is 11.3 Å². The minimum absolute atomic E-state index is 0.0823. The number of ether oxygens (including phenoxy) is 2. The zero-order valence-corrected chi connectivity index (χ0v) is 13.1. The normalized spacial score (nSPS) is 10.4. The number of thioether (sulfide) groups is 1. The minimum Gasteiger partial charge on any atom is -0.497 e. The van der Waals surface area contributed by atoms with Gasteiger partial charge in [0.15, 0.2) is 5.16 Å². The smallest absolute Gasteiger partial charge is 0.254 e. The number of benzene rings is 1. The Hall–Kier alpha value is -1.95. The molecule has 0 saturated carbocycles. The monoisotopic (exact) mass is 306 g/mol. The summed E-state index contributed by atoms with van der Waals surface area (Å²) in [5.41, 5.74) is 1.34. The number of hydrogen-bond donors (Lipinski definition) is 1. The maximum atomic E-state index is 11.6. The predicted octanol–water partition coefficient (Wildman–Crippen LogP) is 2.57. The summed E-state index contributed by atoms with van der Waals surface area (Å²) >= 11 is 1.47. The Balaban J connectivity index is 1.83. The van der Waals surface area contributed by atoms with Crippen molar-refractivity contribution in [2.45, 2.75) is 19.0 Å². The Labute approximate surface area is 127 Å². The highest BCUT2D eigenvalue weighted by molar-refractivity contribution is 7.99. The summed E-state index contributed by atoms with van der Waals surface area (Å²) in [6.07, 6.45) is 0. The Morgan fingerprint density at radius 2 is 1.86 bits per heavy atom. The van der Waals surface area contributed by atoms with Gasteiger partial charge in [-0.1, -0.05) is 11.8 Å². The van der Waals surface area contributed by atoms with Crippen molar-refractivity contribution in [3.8, 4) is 11.5 Å². The van der Waals surface area contributed by atoms with Crippen molar-refractivity contribution in [1.29, 1.82) is 0 Å². The molecule has 0 saturated heterocycles. The van der Waals surface area contributed by atoms with Crippen LogP contribution in [0, 0.1) is 13.8 Å². The number of methoxy groups -OCH3 is 1. The van der Waals surface area contributed by atoms with E-state index in [-0.39, 0.29) is 5.56 Å². The summed E-state index contributed by atoms with van der Waals surface area (Å²) in [5, 5.41) is 0.626. The number of aromatic nitrogens is 2. The van der Waals surface area contributed by atoms with Crippen LogP contribution in [-0.2, 0) is 0 Å². The van der Waals surface area contributed by atoms with Crippen molar-refractivity contribution in [2.24, 2.45) is 0 Å². The van der Waals surface area contributed by atoms with Crippen LogP contribution in [0.25, 0.3) is 0 Å². The summed E-state index contributed by atoms with van der Waals surface area (Å²) in [6, 6.07) is 7.43. The molecule has 0 amide bonds. The van der Waals surface area contributed by atoms with E-state index in [1.165, 1.54) is 11.8 Å². The van der Waals surface area contributed by atoms with Crippen molar-refractivity contribution in [1.82, 2.24) is 9.97 Å². The summed E-state index contributed by atoms with van der Waals surface area (Å²) < 4.78 is 10.7. The van der Waals surface area contributed by atoms with Gasteiger partial charge in [-0.2, -0.15) is 0 Å². The topological polar surface area (TPSA) is 64.2 Å². The van der Waals surface area contributed by atoms with Gasteiger partial charge in [0, 0.05) is 17.0 Å². The van der Waals surface area contributed by atoms with Crippen molar-refractivity contribution in [2.75, 3.05) is 19.5 Å². The van der Waals surface area contributed by atoms with Crippen LogP contribution in [0.3, 0.4) is 0 Å². The number of hydrogen-bond acceptors (Lipinski definition) is 5. The number of nitrogens with one attached hydrogen (secondary N) is 1. The number of nitrogens with zero attached hydrogens (tertiary/aromatic N) is 1. The van der Waals surface area contributed by atoms with E-state index >= 15 is 0 Å². The Kier molecular flexibility index (Phi) is 5.27.